The van der Waals surface area contributed by atoms with Gasteiger partial charge in [0.1, 0.15) is 23.0 Å². The smallest absolute Gasteiger partial charge is 0.237 e. The van der Waals surface area contributed by atoms with Crippen molar-refractivity contribution in [1.29, 1.82) is 10.5 Å². The molecule has 3 N–H and O–H groups in total. The van der Waals surface area contributed by atoms with Crippen molar-refractivity contribution in [2.75, 3.05) is 11.1 Å². The van der Waals surface area contributed by atoms with E-state index in [9.17, 15) is 10.1 Å². The molecule has 0 unspecified atom stereocenters. The van der Waals surface area contributed by atoms with Crippen molar-refractivity contribution in [2.45, 2.75) is 30.5 Å². The Morgan fingerprint density at radius 3 is 2.48 bits per heavy atom. The fourth-order valence-corrected chi connectivity index (χ4v) is 2.94. The molecule has 1 aromatic heterocycles. The summed E-state index contributed by atoms with van der Waals surface area (Å²) in [5.41, 5.74) is 7.97. The summed E-state index contributed by atoms with van der Waals surface area (Å²) in [6, 6.07) is 12.9. The Labute approximate surface area is 150 Å². The molecule has 0 aliphatic heterocycles. The average molecular weight is 351 g/mol. The summed E-state index contributed by atoms with van der Waals surface area (Å²) < 4.78 is 0. The number of amides is 1. The van der Waals surface area contributed by atoms with Crippen molar-refractivity contribution in [3.05, 3.63) is 47.0 Å². The van der Waals surface area contributed by atoms with E-state index in [1.807, 2.05) is 36.4 Å². The van der Waals surface area contributed by atoms with Crippen LogP contribution in [0.5, 0.6) is 0 Å². The number of hydrogen-bond donors (Lipinski definition) is 2. The van der Waals surface area contributed by atoms with Crippen LogP contribution >= 0.6 is 11.8 Å². The first kappa shape index (κ1) is 18.3. The SMILES string of the molecule is CCc1ccc(NC(=O)[C@@H](C)Sc2nc(N)c(C#N)cc2C#N)cc1. The summed E-state index contributed by atoms with van der Waals surface area (Å²) in [6.45, 7) is 3.78. The number of rotatable bonds is 5. The molecule has 0 saturated carbocycles. The topological polar surface area (TPSA) is 116 Å². The molecule has 0 aliphatic carbocycles. The highest BCUT2D eigenvalue weighted by molar-refractivity contribution is 8.00. The first-order chi connectivity index (χ1) is 12.0. The maximum absolute atomic E-state index is 12.4. The third-order valence-electron chi connectivity index (χ3n) is 3.55. The number of aryl methyl sites for hydroxylation is 1. The Bertz CT molecular complexity index is 865. The molecule has 2 rings (SSSR count). The highest BCUT2D eigenvalue weighted by Gasteiger charge is 2.19. The molecule has 0 fully saturated rings. The standard InChI is InChI=1S/C18H17N5OS/c1-3-12-4-6-15(7-5-12)22-17(24)11(2)25-18-14(10-20)8-13(9-19)16(21)23-18/h4-8,11H,3H2,1-2H3,(H2,21,23)(H,22,24)/t11-/m1/s1. The van der Waals surface area contributed by atoms with Gasteiger partial charge in [-0.15, -0.1) is 0 Å². The molecule has 0 bridgehead atoms. The fraction of sp³-hybridized carbons (Fsp3) is 0.222. The second-order valence-electron chi connectivity index (χ2n) is 5.30. The van der Waals surface area contributed by atoms with Crippen LogP contribution in [0.1, 0.15) is 30.5 Å². The fourth-order valence-electron chi connectivity index (χ4n) is 2.06. The number of anilines is 2. The van der Waals surface area contributed by atoms with Gasteiger partial charge < -0.3 is 11.1 Å². The summed E-state index contributed by atoms with van der Waals surface area (Å²) in [5.74, 6) is -0.158. The number of carbonyl (C=O) groups is 1. The van der Waals surface area contributed by atoms with Crippen LogP contribution in [-0.2, 0) is 11.2 Å². The second kappa shape index (κ2) is 8.18. The van der Waals surface area contributed by atoms with Crippen molar-refractivity contribution in [3.63, 3.8) is 0 Å². The monoisotopic (exact) mass is 351 g/mol. The van der Waals surface area contributed by atoms with E-state index >= 15 is 0 Å². The van der Waals surface area contributed by atoms with E-state index in [0.717, 1.165) is 18.2 Å². The van der Waals surface area contributed by atoms with Crippen molar-refractivity contribution in [2.24, 2.45) is 0 Å². The normalized spacial score (nSPS) is 11.2. The number of nitrogens with two attached hydrogens (primary N) is 1. The van der Waals surface area contributed by atoms with Gasteiger partial charge in [0.15, 0.2) is 0 Å². The molecule has 0 spiro atoms. The highest BCUT2D eigenvalue weighted by atomic mass is 32.2. The predicted octanol–water partition coefficient (Wildman–Crippen LogP) is 3.09. The summed E-state index contributed by atoms with van der Waals surface area (Å²) in [7, 11) is 0. The number of nitrogens with zero attached hydrogens (tertiary/aromatic N) is 3. The van der Waals surface area contributed by atoms with Gasteiger partial charge in [0, 0.05) is 5.69 Å². The third-order valence-corrected chi connectivity index (χ3v) is 4.65. The number of nitrogen functional groups attached to an aromatic ring is 1. The minimum atomic E-state index is -0.488. The van der Waals surface area contributed by atoms with E-state index in [1.54, 1.807) is 6.92 Å². The summed E-state index contributed by atoms with van der Waals surface area (Å²) in [4.78, 5) is 16.4. The van der Waals surface area contributed by atoms with Crippen LogP contribution in [0.4, 0.5) is 11.5 Å². The quantitative estimate of drug-likeness (QED) is 0.800. The van der Waals surface area contributed by atoms with Gasteiger partial charge in [0.25, 0.3) is 0 Å². The lowest BCUT2D eigenvalue weighted by molar-refractivity contribution is -0.115. The van der Waals surface area contributed by atoms with Crippen LogP contribution in [0.3, 0.4) is 0 Å². The minimum absolute atomic E-state index is 0.0479. The lowest BCUT2D eigenvalue weighted by Crippen LogP contribution is -2.22. The predicted molar refractivity (Wildman–Crippen MR) is 97.8 cm³/mol. The molecule has 126 valence electrons. The minimum Gasteiger partial charge on any atom is -0.383 e. The molecule has 6 nitrogen and oxygen atoms in total. The molecule has 0 radical (unpaired) electrons. The lowest BCUT2D eigenvalue weighted by Gasteiger charge is -2.13. The van der Waals surface area contributed by atoms with Crippen LogP contribution in [0.15, 0.2) is 35.4 Å². The van der Waals surface area contributed by atoms with E-state index in [-0.39, 0.29) is 22.9 Å². The van der Waals surface area contributed by atoms with Gasteiger partial charge in [-0.3, -0.25) is 4.79 Å². The number of thioether (sulfide) groups is 1. The number of pyridine rings is 1. The molecule has 7 heteroatoms. The Morgan fingerprint density at radius 1 is 1.28 bits per heavy atom. The van der Waals surface area contributed by atoms with E-state index in [1.165, 1.54) is 11.6 Å². The van der Waals surface area contributed by atoms with Gasteiger partial charge in [-0.2, -0.15) is 10.5 Å². The van der Waals surface area contributed by atoms with Gasteiger partial charge in [0.05, 0.1) is 16.4 Å². The van der Waals surface area contributed by atoms with E-state index in [2.05, 4.69) is 17.2 Å². The van der Waals surface area contributed by atoms with Gasteiger partial charge in [-0.05, 0) is 37.1 Å². The van der Waals surface area contributed by atoms with Gasteiger partial charge in [-0.1, -0.05) is 30.8 Å². The largest absolute Gasteiger partial charge is 0.383 e. The zero-order valence-electron chi connectivity index (χ0n) is 13.9. The maximum atomic E-state index is 12.4. The van der Waals surface area contributed by atoms with Crippen molar-refractivity contribution in [3.8, 4) is 12.1 Å². The lowest BCUT2D eigenvalue weighted by atomic mass is 10.1. The van der Waals surface area contributed by atoms with Crippen LogP contribution < -0.4 is 11.1 Å². The zero-order chi connectivity index (χ0) is 18.4. The van der Waals surface area contributed by atoms with Gasteiger partial charge >= 0.3 is 0 Å². The first-order valence-corrected chi connectivity index (χ1v) is 8.53. The van der Waals surface area contributed by atoms with Crippen LogP contribution in [-0.4, -0.2) is 16.1 Å². The van der Waals surface area contributed by atoms with E-state index < -0.39 is 5.25 Å². The number of hydrogen-bond acceptors (Lipinski definition) is 6. The van der Waals surface area contributed by atoms with Crippen molar-refractivity contribution < 1.29 is 4.79 Å². The summed E-state index contributed by atoms with van der Waals surface area (Å²) in [6.07, 6.45) is 0.934. The van der Waals surface area contributed by atoms with Crippen LogP contribution in [0.25, 0.3) is 0 Å². The number of carbonyl (C=O) groups excluding carboxylic acids is 1. The first-order valence-electron chi connectivity index (χ1n) is 7.65. The number of nitriles is 2. The molecule has 1 atom stereocenters. The highest BCUT2D eigenvalue weighted by Crippen LogP contribution is 2.28. The van der Waals surface area contributed by atoms with E-state index in [0.29, 0.717) is 10.7 Å². The van der Waals surface area contributed by atoms with Crippen LogP contribution in [0, 0.1) is 22.7 Å². The molecular formula is C18H17N5OS. The van der Waals surface area contributed by atoms with Crippen LogP contribution in [0.2, 0.25) is 0 Å². The second-order valence-corrected chi connectivity index (χ2v) is 6.63. The number of aromatic nitrogens is 1. The average Bonchev–Trinajstić information content (AvgIpc) is 2.62. The molecule has 1 heterocycles. The Morgan fingerprint density at radius 2 is 1.92 bits per heavy atom. The Hall–Kier alpha value is -3.03. The Balaban J connectivity index is 2.12. The van der Waals surface area contributed by atoms with Gasteiger partial charge in [0.2, 0.25) is 5.91 Å². The third kappa shape index (κ3) is 4.50. The molecule has 25 heavy (non-hydrogen) atoms. The number of nitrogens with one attached hydrogen (secondary N) is 1. The molecule has 1 amide bonds. The van der Waals surface area contributed by atoms with Crippen molar-refractivity contribution >= 4 is 29.2 Å². The van der Waals surface area contributed by atoms with Crippen molar-refractivity contribution in [1.82, 2.24) is 4.98 Å². The molecule has 0 saturated heterocycles. The molecule has 2 aromatic rings. The maximum Gasteiger partial charge on any atom is 0.237 e. The molecule has 0 aliphatic rings. The molecule has 1 aromatic carbocycles. The number of benzene rings is 1. The van der Waals surface area contributed by atoms with Gasteiger partial charge in [-0.25, -0.2) is 4.98 Å². The zero-order valence-corrected chi connectivity index (χ0v) is 14.7. The summed E-state index contributed by atoms with van der Waals surface area (Å²) in [5, 5.41) is 20.8. The van der Waals surface area contributed by atoms with E-state index in [4.69, 9.17) is 11.0 Å². The molecular weight excluding hydrogens is 334 g/mol. The Kier molecular flexibility index (Phi) is 5.99. The summed E-state index contributed by atoms with van der Waals surface area (Å²) >= 11 is 1.13.